The maximum Gasteiger partial charge on any atom is 0.125 e. The summed E-state index contributed by atoms with van der Waals surface area (Å²) in [4.78, 5) is 0. The molecule has 112 valence electrons. The quantitative estimate of drug-likeness (QED) is 0.886. The maximum absolute atomic E-state index is 10.8. The van der Waals surface area contributed by atoms with Gasteiger partial charge in [0.05, 0.1) is 18.0 Å². The standard InChI is InChI=1S/C17H22N2O2/c1-4-10-21-16-9-7-6-8-13(16)17(20)14-11-12(3)18-19-15(14)5-2/h6-9,11,17,20H,4-5,10H2,1-3H3. The molecule has 0 aliphatic heterocycles. The summed E-state index contributed by atoms with van der Waals surface area (Å²) < 4.78 is 5.74. The number of aromatic nitrogens is 2. The number of rotatable bonds is 6. The van der Waals surface area contributed by atoms with Crippen molar-refractivity contribution in [1.82, 2.24) is 10.2 Å². The number of nitrogens with zero attached hydrogens (tertiary/aromatic N) is 2. The van der Waals surface area contributed by atoms with Crippen molar-refractivity contribution in [3.63, 3.8) is 0 Å². The lowest BCUT2D eigenvalue weighted by molar-refractivity contribution is 0.208. The number of aliphatic hydroxyl groups is 1. The zero-order valence-electron chi connectivity index (χ0n) is 12.8. The van der Waals surface area contributed by atoms with Gasteiger partial charge in [-0.25, -0.2) is 0 Å². The van der Waals surface area contributed by atoms with Crippen LogP contribution in [0.25, 0.3) is 0 Å². The van der Waals surface area contributed by atoms with Gasteiger partial charge in [0.1, 0.15) is 11.9 Å². The van der Waals surface area contributed by atoms with Crippen LogP contribution >= 0.6 is 0 Å². The summed E-state index contributed by atoms with van der Waals surface area (Å²) in [5, 5.41) is 19.0. The van der Waals surface area contributed by atoms with Gasteiger partial charge in [-0.2, -0.15) is 10.2 Å². The first-order chi connectivity index (χ1) is 10.2. The largest absolute Gasteiger partial charge is 0.493 e. The minimum atomic E-state index is -0.748. The maximum atomic E-state index is 10.8. The van der Waals surface area contributed by atoms with Gasteiger partial charge < -0.3 is 9.84 Å². The fourth-order valence-electron chi connectivity index (χ4n) is 2.26. The molecule has 0 saturated carbocycles. The van der Waals surface area contributed by atoms with Crippen molar-refractivity contribution >= 4 is 0 Å². The number of aryl methyl sites for hydroxylation is 2. The normalized spacial score (nSPS) is 12.2. The number of para-hydroxylation sites is 1. The fourth-order valence-corrected chi connectivity index (χ4v) is 2.26. The highest BCUT2D eigenvalue weighted by molar-refractivity contribution is 5.41. The molecule has 1 N–H and O–H groups in total. The smallest absolute Gasteiger partial charge is 0.125 e. The molecule has 0 spiro atoms. The van der Waals surface area contributed by atoms with E-state index in [-0.39, 0.29) is 0 Å². The molecular formula is C17H22N2O2. The average Bonchev–Trinajstić information content (AvgIpc) is 2.52. The van der Waals surface area contributed by atoms with Crippen LogP contribution in [0.3, 0.4) is 0 Å². The molecule has 1 atom stereocenters. The van der Waals surface area contributed by atoms with E-state index in [2.05, 4.69) is 17.1 Å². The molecule has 0 bridgehead atoms. The van der Waals surface area contributed by atoms with E-state index in [1.54, 1.807) is 0 Å². The van der Waals surface area contributed by atoms with Crippen molar-refractivity contribution in [1.29, 1.82) is 0 Å². The summed E-state index contributed by atoms with van der Waals surface area (Å²) in [6, 6.07) is 9.50. The molecule has 2 aromatic rings. The highest BCUT2D eigenvalue weighted by Crippen LogP contribution is 2.31. The monoisotopic (exact) mass is 286 g/mol. The van der Waals surface area contributed by atoms with Crippen LogP contribution in [0.15, 0.2) is 30.3 Å². The fraction of sp³-hybridized carbons (Fsp3) is 0.412. The molecule has 4 heteroatoms. The van der Waals surface area contributed by atoms with Crippen LogP contribution in [-0.4, -0.2) is 21.9 Å². The van der Waals surface area contributed by atoms with Crippen molar-refractivity contribution in [2.45, 2.75) is 39.7 Å². The number of benzene rings is 1. The van der Waals surface area contributed by atoms with Crippen LogP contribution in [0.1, 0.15) is 48.9 Å². The summed E-state index contributed by atoms with van der Waals surface area (Å²) in [6.07, 6.45) is 0.917. The molecule has 1 unspecified atom stereocenters. The molecule has 21 heavy (non-hydrogen) atoms. The third kappa shape index (κ3) is 3.58. The van der Waals surface area contributed by atoms with E-state index in [9.17, 15) is 5.11 Å². The lowest BCUT2D eigenvalue weighted by atomic mass is 9.98. The highest BCUT2D eigenvalue weighted by Gasteiger charge is 2.19. The molecule has 2 rings (SSSR count). The van der Waals surface area contributed by atoms with Crippen LogP contribution in [0.2, 0.25) is 0 Å². The molecule has 0 saturated heterocycles. The number of hydrogen-bond acceptors (Lipinski definition) is 4. The van der Waals surface area contributed by atoms with E-state index in [1.807, 2.05) is 44.2 Å². The Kier molecular flexibility index (Phi) is 5.28. The van der Waals surface area contributed by atoms with E-state index < -0.39 is 6.10 Å². The summed E-state index contributed by atoms with van der Waals surface area (Å²) in [5.41, 5.74) is 3.19. The first-order valence-corrected chi connectivity index (χ1v) is 7.40. The SMILES string of the molecule is CCCOc1ccccc1C(O)c1cc(C)nnc1CC. The van der Waals surface area contributed by atoms with E-state index in [1.165, 1.54) is 0 Å². The van der Waals surface area contributed by atoms with Gasteiger partial charge in [0.15, 0.2) is 0 Å². The Hall–Kier alpha value is -1.94. The van der Waals surface area contributed by atoms with Crippen LogP contribution in [-0.2, 0) is 6.42 Å². The molecule has 1 aromatic carbocycles. The van der Waals surface area contributed by atoms with Crippen molar-refractivity contribution in [2.75, 3.05) is 6.61 Å². The van der Waals surface area contributed by atoms with Crippen LogP contribution in [0.5, 0.6) is 5.75 Å². The molecule has 4 nitrogen and oxygen atoms in total. The molecule has 0 radical (unpaired) electrons. The van der Waals surface area contributed by atoms with E-state index in [4.69, 9.17) is 4.74 Å². The van der Waals surface area contributed by atoms with E-state index in [0.29, 0.717) is 6.61 Å². The molecule has 1 aromatic heterocycles. The summed E-state index contributed by atoms with van der Waals surface area (Å²) in [6.45, 7) is 6.58. The Bertz CT molecular complexity index is 599. The minimum Gasteiger partial charge on any atom is -0.493 e. The van der Waals surface area contributed by atoms with Gasteiger partial charge in [0, 0.05) is 11.1 Å². The minimum absolute atomic E-state index is 0.637. The summed E-state index contributed by atoms with van der Waals surface area (Å²) >= 11 is 0. The van der Waals surface area contributed by atoms with Gasteiger partial charge in [-0.05, 0) is 31.9 Å². The third-order valence-electron chi connectivity index (χ3n) is 3.33. The van der Waals surface area contributed by atoms with E-state index in [0.717, 1.165) is 41.1 Å². The van der Waals surface area contributed by atoms with Gasteiger partial charge >= 0.3 is 0 Å². The topological polar surface area (TPSA) is 55.2 Å². The second-order valence-corrected chi connectivity index (χ2v) is 5.03. The lowest BCUT2D eigenvalue weighted by Gasteiger charge is -2.18. The van der Waals surface area contributed by atoms with Gasteiger partial charge in [-0.3, -0.25) is 0 Å². The van der Waals surface area contributed by atoms with Crippen molar-refractivity contribution < 1.29 is 9.84 Å². The Morgan fingerprint density at radius 1 is 1.14 bits per heavy atom. The van der Waals surface area contributed by atoms with Crippen LogP contribution in [0.4, 0.5) is 0 Å². The predicted octanol–water partition coefficient (Wildman–Crippen LogP) is 3.22. The van der Waals surface area contributed by atoms with Gasteiger partial charge in [-0.1, -0.05) is 32.0 Å². The summed E-state index contributed by atoms with van der Waals surface area (Å²) in [7, 11) is 0. The average molecular weight is 286 g/mol. The lowest BCUT2D eigenvalue weighted by Crippen LogP contribution is -2.09. The first-order valence-electron chi connectivity index (χ1n) is 7.40. The van der Waals surface area contributed by atoms with Crippen molar-refractivity contribution in [3.8, 4) is 5.75 Å². The zero-order chi connectivity index (χ0) is 15.2. The van der Waals surface area contributed by atoms with Crippen molar-refractivity contribution in [2.24, 2.45) is 0 Å². The third-order valence-corrected chi connectivity index (χ3v) is 3.33. The number of aliphatic hydroxyl groups excluding tert-OH is 1. The molecular weight excluding hydrogens is 264 g/mol. The number of hydrogen-bond donors (Lipinski definition) is 1. The van der Waals surface area contributed by atoms with Gasteiger partial charge in [-0.15, -0.1) is 0 Å². The first kappa shape index (κ1) is 15.4. The van der Waals surface area contributed by atoms with Crippen LogP contribution in [0, 0.1) is 6.92 Å². The molecule has 0 amide bonds. The Labute approximate surface area is 125 Å². The Morgan fingerprint density at radius 2 is 1.90 bits per heavy atom. The second kappa shape index (κ2) is 7.18. The highest BCUT2D eigenvalue weighted by atomic mass is 16.5. The number of ether oxygens (including phenoxy) is 1. The Balaban J connectivity index is 2.40. The predicted molar refractivity (Wildman–Crippen MR) is 82.4 cm³/mol. The van der Waals surface area contributed by atoms with Crippen LogP contribution < -0.4 is 4.74 Å². The molecule has 0 aliphatic carbocycles. The second-order valence-electron chi connectivity index (χ2n) is 5.03. The van der Waals surface area contributed by atoms with Crippen molar-refractivity contribution in [3.05, 3.63) is 52.8 Å². The zero-order valence-corrected chi connectivity index (χ0v) is 12.8. The van der Waals surface area contributed by atoms with E-state index >= 15 is 0 Å². The van der Waals surface area contributed by atoms with Gasteiger partial charge in [0.25, 0.3) is 0 Å². The molecule has 0 fully saturated rings. The Morgan fingerprint density at radius 3 is 2.62 bits per heavy atom. The molecule has 1 heterocycles. The van der Waals surface area contributed by atoms with Gasteiger partial charge in [0.2, 0.25) is 0 Å². The summed E-state index contributed by atoms with van der Waals surface area (Å²) in [5.74, 6) is 0.725. The molecule has 0 aliphatic rings.